The Hall–Kier alpha value is -4.23. The highest BCUT2D eigenvalue weighted by atomic mass is 35.5. The number of para-hydroxylation sites is 2. The first-order chi connectivity index (χ1) is 16.6. The summed E-state index contributed by atoms with van der Waals surface area (Å²) in [6.45, 7) is 2.00. The van der Waals surface area contributed by atoms with Crippen LogP contribution in [0.5, 0.6) is 0 Å². The summed E-state index contributed by atoms with van der Waals surface area (Å²) in [4.78, 5) is 26.2. The lowest BCUT2D eigenvalue weighted by Crippen LogP contribution is -2.14. The molecule has 0 radical (unpaired) electrons. The molecule has 0 aliphatic heterocycles. The molecule has 1 atom stereocenters. The number of benzene rings is 3. The van der Waals surface area contributed by atoms with E-state index in [1.165, 1.54) is 0 Å². The Morgan fingerprint density at radius 3 is 2.71 bits per heavy atom. The number of anilines is 2. The van der Waals surface area contributed by atoms with Crippen LogP contribution in [0.3, 0.4) is 0 Å². The average Bonchev–Trinajstić information content (AvgIpc) is 3.29. The van der Waals surface area contributed by atoms with Gasteiger partial charge < -0.3 is 10.6 Å². The van der Waals surface area contributed by atoms with Crippen molar-refractivity contribution < 1.29 is 4.79 Å². The van der Waals surface area contributed by atoms with Crippen LogP contribution in [0.4, 0.5) is 11.6 Å². The van der Waals surface area contributed by atoms with Gasteiger partial charge in [0.15, 0.2) is 0 Å². The lowest BCUT2D eigenvalue weighted by Gasteiger charge is -2.16. The van der Waals surface area contributed by atoms with Crippen LogP contribution in [-0.2, 0) is 0 Å². The lowest BCUT2D eigenvalue weighted by atomic mass is 10.0. The molecule has 0 saturated carbocycles. The van der Waals surface area contributed by atoms with Gasteiger partial charge >= 0.3 is 0 Å². The second kappa shape index (κ2) is 9.33. The van der Waals surface area contributed by atoms with E-state index in [2.05, 4.69) is 25.6 Å². The predicted octanol–water partition coefficient (Wildman–Crippen LogP) is 5.89. The first-order valence-electron chi connectivity index (χ1n) is 10.8. The monoisotopic (exact) mass is 468 g/mol. The number of nitrogens with one attached hydrogen (secondary N) is 2. The second-order valence-corrected chi connectivity index (χ2v) is 8.23. The average molecular weight is 469 g/mol. The summed E-state index contributed by atoms with van der Waals surface area (Å²) in [5.74, 6) is 0.992. The van der Waals surface area contributed by atoms with Crippen molar-refractivity contribution in [3.05, 3.63) is 108 Å². The van der Waals surface area contributed by atoms with Gasteiger partial charge in [-0.15, -0.1) is 0 Å². The summed E-state index contributed by atoms with van der Waals surface area (Å²) in [6, 6.07) is 24.1. The van der Waals surface area contributed by atoms with Gasteiger partial charge in [0.1, 0.15) is 12.1 Å². The van der Waals surface area contributed by atoms with Gasteiger partial charge in [-0.25, -0.2) is 9.97 Å². The molecule has 1 amide bonds. The van der Waals surface area contributed by atoms with E-state index < -0.39 is 0 Å². The summed E-state index contributed by atoms with van der Waals surface area (Å²) >= 11 is 6.01. The fourth-order valence-corrected chi connectivity index (χ4v) is 3.88. The molecule has 2 aromatic heterocycles. The Morgan fingerprint density at radius 1 is 0.971 bits per heavy atom. The maximum absolute atomic E-state index is 12.7. The standard InChI is InChI=1S/C26H21ClN6O/c1-17(18-6-4-7-19(14-18)25(34)31-21-9-5-8-20(27)15-21)30-26-28-13-12-24(32-26)33-16-29-22-10-2-3-11-23(22)33/h2-17H,1H3,(H,31,34)(H,28,30,32)/t17-/m0/s1. The van der Waals surface area contributed by atoms with E-state index in [4.69, 9.17) is 11.6 Å². The highest BCUT2D eigenvalue weighted by Crippen LogP contribution is 2.22. The van der Waals surface area contributed by atoms with Crippen molar-refractivity contribution in [2.24, 2.45) is 0 Å². The van der Waals surface area contributed by atoms with Gasteiger partial charge in [-0.1, -0.05) is 41.9 Å². The van der Waals surface area contributed by atoms with E-state index in [1.807, 2.05) is 60.0 Å². The first kappa shape index (κ1) is 21.6. The quantitative estimate of drug-likeness (QED) is 0.324. The third-order valence-electron chi connectivity index (χ3n) is 5.42. The Morgan fingerprint density at radius 2 is 1.82 bits per heavy atom. The molecule has 2 heterocycles. The van der Waals surface area contributed by atoms with E-state index in [9.17, 15) is 4.79 Å². The van der Waals surface area contributed by atoms with Crippen LogP contribution in [0.1, 0.15) is 28.9 Å². The molecule has 3 aromatic carbocycles. The summed E-state index contributed by atoms with van der Waals surface area (Å²) in [5, 5.41) is 6.77. The van der Waals surface area contributed by atoms with E-state index in [1.54, 1.807) is 42.9 Å². The van der Waals surface area contributed by atoms with Gasteiger partial charge in [0.2, 0.25) is 5.95 Å². The van der Waals surface area contributed by atoms with Crippen LogP contribution < -0.4 is 10.6 Å². The zero-order valence-electron chi connectivity index (χ0n) is 18.3. The van der Waals surface area contributed by atoms with Gasteiger partial charge in [0, 0.05) is 22.5 Å². The van der Waals surface area contributed by atoms with Crippen LogP contribution in [-0.4, -0.2) is 25.4 Å². The van der Waals surface area contributed by atoms with Crippen LogP contribution in [0, 0.1) is 0 Å². The van der Waals surface area contributed by atoms with Gasteiger partial charge in [-0.3, -0.25) is 9.36 Å². The molecule has 34 heavy (non-hydrogen) atoms. The number of carbonyl (C=O) groups excluding carboxylic acids is 1. The number of halogens is 1. The molecule has 5 aromatic rings. The largest absolute Gasteiger partial charge is 0.348 e. The van der Waals surface area contributed by atoms with Crippen LogP contribution >= 0.6 is 11.6 Å². The minimum atomic E-state index is -0.207. The molecule has 8 heteroatoms. The number of amides is 1. The molecule has 2 N–H and O–H groups in total. The Kier molecular flexibility index (Phi) is 5.93. The maximum atomic E-state index is 12.7. The van der Waals surface area contributed by atoms with Crippen molar-refractivity contribution in [1.82, 2.24) is 19.5 Å². The van der Waals surface area contributed by atoms with E-state index in [0.29, 0.717) is 28.0 Å². The highest BCUT2D eigenvalue weighted by Gasteiger charge is 2.13. The van der Waals surface area contributed by atoms with Gasteiger partial charge in [-0.05, 0) is 61.0 Å². The second-order valence-electron chi connectivity index (χ2n) is 7.80. The van der Waals surface area contributed by atoms with Crippen molar-refractivity contribution in [2.45, 2.75) is 13.0 Å². The molecule has 0 aliphatic rings. The zero-order valence-corrected chi connectivity index (χ0v) is 19.1. The predicted molar refractivity (Wildman–Crippen MR) is 135 cm³/mol. The Balaban J connectivity index is 1.33. The molecular weight excluding hydrogens is 448 g/mol. The number of rotatable bonds is 6. The summed E-state index contributed by atoms with van der Waals surface area (Å²) < 4.78 is 1.92. The molecule has 0 unspecified atom stereocenters. The number of aromatic nitrogens is 4. The van der Waals surface area contributed by atoms with Crippen molar-refractivity contribution >= 4 is 40.2 Å². The highest BCUT2D eigenvalue weighted by molar-refractivity contribution is 6.31. The lowest BCUT2D eigenvalue weighted by molar-refractivity contribution is 0.102. The minimum absolute atomic E-state index is 0.131. The smallest absolute Gasteiger partial charge is 0.255 e. The number of carbonyl (C=O) groups is 1. The van der Waals surface area contributed by atoms with Gasteiger partial charge in [0.25, 0.3) is 5.91 Å². The van der Waals surface area contributed by atoms with E-state index in [0.717, 1.165) is 16.6 Å². The molecule has 168 valence electrons. The Labute approximate surface area is 201 Å². The fraction of sp³-hybridized carbons (Fsp3) is 0.0769. The number of nitrogens with zero attached hydrogens (tertiary/aromatic N) is 4. The topological polar surface area (TPSA) is 84.7 Å². The van der Waals surface area contributed by atoms with E-state index in [-0.39, 0.29) is 11.9 Å². The minimum Gasteiger partial charge on any atom is -0.348 e. The number of hydrogen-bond acceptors (Lipinski definition) is 5. The van der Waals surface area contributed by atoms with Crippen molar-refractivity contribution in [1.29, 1.82) is 0 Å². The summed E-state index contributed by atoms with van der Waals surface area (Å²) in [7, 11) is 0. The van der Waals surface area contributed by atoms with Crippen molar-refractivity contribution in [3.63, 3.8) is 0 Å². The van der Waals surface area contributed by atoms with Crippen molar-refractivity contribution in [3.8, 4) is 5.82 Å². The van der Waals surface area contributed by atoms with Crippen LogP contribution in [0.25, 0.3) is 16.9 Å². The molecule has 0 saturated heterocycles. The Bertz CT molecular complexity index is 1480. The molecule has 0 spiro atoms. The van der Waals surface area contributed by atoms with Gasteiger partial charge in [0.05, 0.1) is 17.1 Å². The number of fused-ring (bicyclic) bond motifs is 1. The molecule has 5 rings (SSSR count). The molecule has 0 fully saturated rings. The van der Waals surface area contributed by atoms with Crippen LogP contribution in [0.2, 0.25) is 5.02 Å². The van der Waals surface area contributed by atoms with Gasteiger partial charge in [-0.2, -0.15) is 4.98 Å². The number of hydrogen-bond donors (Lipinski definition) is 2. The third kappa shape index (κ3) is 4.60. The first-order valence-corrected chi connectivity index (χ1v) is 11.1. The molecular formula is C26H21ClN6O. The van der Waals surface area contributed by atoms with E-state index >= 15 is 0 Å². The normalized spacial score (nSPS) is 11.8. The summed E-state index contributed by atoms with van der Waals surface area (Å²) in [5.41, 5.74) is 3.99. The summed E-state index contributed by atoms with van der Waals surface area (Å²) in [6.07, 6.45) is 3.46. The maximum Gasteiger partial charge on any atom is 0.255 e. The third-order valence-corrected chi connectivity index (χ3v) is 5.65. The fourth-order valence-electron chi connectivity index (χ4n) is 3.69. The van der Waals surface area contributed by atoms with Crippen molar-refractivity contribution in [2.75, 3.05) is 10.6 Å². The molecule has 0 aliphatic carbocycles. The zero-order chi connectivity index (χ0) is 23.5. The molecule has 7 nitrogen and oxygen atoms in total. The number of imidazole rings is 1. The SMILES string of the molecule is C[C@H](Nc1nccc(-n2cnc3ccccc32)n1)c1cccc(C(=O)Nc2cccc(Cl)c2)c1. The van der Waals surface area contributed by atoms with Crippen LogP contribution in [0.15, 0.2) is 91.4 Å². The molecule has 0 bridgehead atoms.